The third-order valence-corrected chi connectivity index (χ3v) is 1.69. The molecule has 0 aliphatic carbocycles. The van der Waals surface area contributed by atoms with E-state index in [0.717, 1.165) is 6.54 Å². The maximum atomic E-state index is 11.0. The molecule has 0 aromatic carbocycles. The predicted molar refractivity (Wildman–Crippen MR) is 53.8 cm³/mol. The van der Waals surface area contributed by atoms with Crippen LogP contribution in [0.25, 0.3) is 0 Å². The van der Waals surface area contributed by atoms with E-state index in [1.807, 2.05) is 4.90 Å². The minimum Gasteiger partial charge on any atom is -0.293 e. The highest BCUT2D eigenvalue weighted by Gasteiger charge is 2.10. The zero-order chi connectivity index (χ0) is 11.0. The van der Waals surface area contributed by atoms with Crippen molar-refractivity contribution in [1.82, 2.24) is 10.3 Å². The van der Waals surface area contributed by atoms with Gasteiger partial charge in [-0.2, -0.15) is 5.26 Å². The van der Waals surface area contributed by atoms with E-state index < -0.39 is 0 Å². The molecule has 0 radical (unpaired) electrons. The molecule has 1 amide bonds. The molecule has 3 N–H and O–H groups in total. The smallest absolute Gasteiger partial charge is 0.248 e. The monoisotopic (exact) mass is 198 g/mol. The second-order valence-corrected chi connectivity index (χ2v) is 3.60. The zero-order valence-corrected chi connectivity index (χ0v) is 8.79. The van der Waals surface area contributed by atoms with E-state index in [9.17, 15) is 4.79 Å². The Morgan fingerprint density at radius 1 is 1.64 bits per heavy atom. The van der Waals surface area contributed by atoms with E-state index in [1.54, 1.807) is 0 Å². The van der Waals surface area contributed by atoms with Crippen molar-refractivity contribution in [1.29, 1.82) is 5.26 Å². The summed E-state index contributed by atoms with van der Waals surface area (Å²) in [4.78, 5) is 12.9. The normalized spacial score (nSPS) is 10.3. The zero-order valence-electron chi connectivity index (χ0n) is 8.79. The summed E-state index contributed by atoms with van der Waals surface area (Å²) in [6.45, 7) is 5.81. The SMILES string of the molecule is CC(C)CN(CCC#N)CC(=O)NN. The Morgan fingerprint density at radius 2 is 2.29 bits per heavy atom. The Balaban J connectivity index is 3.97. The Morgan fingerprint density at radius 3 is 2.71 bits per heavy atom. The maximum Gasteiger partial charge on any atom is 0.248 e. The molecule has 0 atom stereocenters. The van der Waals surface area contributed by atoms with E-state index in [4.69, 9.17) is 11.1 Å². The Kier molecular flexibility index (Phi) is 6.72. The van der Waals surface area contributed by atoms with Crippen LogP contribution in [0.1, 0.15) is 20.3 Å². The van der Waals surface area contributed by atoms with Gasteiger partial charge in [-0.15, -0.1) is 0 Å². The first-order valence-electron chi connectivity index (χ1n) is 4.69. The summed E-state index contributed by atoms with van der Waals surface area (Å²) in [7, 11) is 0. The van der Waals surface area contributed by atoms with Crippen LogP contribution in [0.2, 0.25) is 0 Å². The molecule has 0 aromatic rings. The van der Waals surface area contributed by atoms with Crippen LogP contribution >= 0.6 is 0 Å². The van der Waals surface area contributed by atoms with E-state index in [1.165, 1.54) is 0 Å². The molecule has 0 heterocycles. The number of hydrogen-bond donors (Lipinski definition) is 2. The van der Waals surface area contributed by atoms with Crippen molar-refractivity contribution in [3.63, 3.8) is 0 Å². The first kappa shape index (κ1) is 12.9. The van der Waals surface area contributed by atoms with Crippen molar-refractivity contribution in [2.24, 2.45) is 11.8 Å². The lowest BCUT2D eigenvalue weighted by Gasteiger charge is -2.21. The highest BCUT2D eigenvalue weighted by atomic mass is 16.2. The van der Waals surface area contributed by atoms with Crippen LogP contribution in [0.4, 0.5) is 0 Å². The molecule has 0 aromatic heterocycles. The largest absolute Gasteiger partial charge is 0.293 e. The van der Waals surface area contributed by atoms with E-state index in [0.29, 0.717) is 18.9 Å². The molecule has 14 heavy (non-hydrogen) atoms. The molecule has 0 aliphatic heterocycles. The highest BCUT2D eigenvalue weighted by molar-refractivity contribution is 5.77. The molecular formula is C9H18N4O. The molecule has 0 bridgehead atoms. The first-order valence-corrected chi connectivity index (χ1v) is 4.69. The Bertz CT molecular complexity index is 209. The van der Waals surface area contributed by atoms with E-state index in [2.05, 4.69) is 25.3 Å². The number of rotatable bonds is 6. The molecule has 0 saturated heterocycles. The number of hydrogen-bond acceptors (Lipinski definition) is 4. The number of nitrogens with one attached hydrogen (secondary N) is 1. The van der Waals surface area contributed by atoms with Crippen molar-refractivity contribution < 1.29 is 4.79 Å². The van der Waals surface area contributed by atoms with E-state index in [-0.39, 0.29) is 12.5 Å². The average Bonchev–Trinajstić information content (AvgIpc) is 2.13. The summed E-state index contributed by atoms with van der Waals surface area (Å²) in [5.74, 6) is 5.24. The standard InChI is InChI=1S/C9H18N4O/c1-8(2)6-13(5-3-4-10)7-9(14)12-11/h8H,3,5-7,11H2,1-2H3,(H,12,14). The number of amides is 1. The second kappa shape index (κ2) is 7.30. The molecule has 0 rings (SSSR count). The lowest BCUT2D eigenvalue weighted by molar-refractivity contribution is -0.122. The summed E-state index contributed by atoms with van der Waals surface area (Å²) in [5, 5.41) is 8.44. The van der Waals surface area contributed by atoms with Crippen LogP contribution in [0.3, 0.4) is 0 Å². The third-order valence-electron chi connectivity index (χ3n) is 1.69. The van der Waals surface area contributed by atoms with Gasteiger partial charge in [-0.3, -0.25) is 15.1 Å². The third kappa shape index (κ3) is 6.40. The number of carbonyl (C=O) groups excluding carboxylic acids is 1. The van der Waals surface area contributed by atoms with Gasteiger partial charge in [0.2, 0.25) is 5.91 Å². The molecule has 0 unspecified atom stereocenters. The minimum absolute atomic E-state index is 0.219. The van der Waals surface area contributed by atoms with Crippen molar-refractivity contribution in [3.05, 3.63) is 0 Å². The quantitative estimate of drug-likeness (QED) is 0.353. The van der Waals surface area contributed by atoms with Crippen LogP contribution in [0.5, 0.6) is 0 Å². The fourth-order valence-electron chi connectivity index (χ4n) is 1.21. The summed E-state index contributed by atoms with van der Waals surface area (Å²) >= 11 is 0. The topological polar surface area (TPSA) is 82.2 Å². The molecular weight excluding hydrogens is 180 g/mol. The lowest BCUT2D eigenvalue weighted by atomic mass is 10.2. The number of nitriles is 1. The maximum absolute atomic E-state index is 11.0. The number of nitrogens with zero attached hydrogens (tertiary/aromatic N) is 2. The van der Waals surface area contributed by atoms with Crippen molar-refractivity contribution >= 4 is 5.91 Å². The van der Waals surface area contributed by atoms with Gasteiger partial charge in [0, 0.05) is 19.5 Å². The molecule has 80 valence electrons. The minimum atomic E-state index is -0.219. The van der Waals surface area contributed by atoms with E-state index >= 15 is 0 Å². The molecule has 0 aliphatic rings. The van der Waals surface area contributed by atoms with Crippen LogP contribution in [0.15, 0.2) is 0 Å². The van der Waals surface area contributed by atoms with Crippen LogP contribution in [-0.4, -0.2) is 30.4 Å². The molecule has 5 heteroatoms. The molecule has 0 spiro atoms. The van der Waals surface area contributed by atoms with Gasteiger partial charge in [-0.05, 0) is 5.92 Å². The fourth-order valence-corrected chi connectivity index (χ4v) is 1.21. The fraction of sp³-hybridized carbons (Fsp3) is 0.778. The van der Waals surface area contributed by atoms with Crippen LogP contribution in [0, 0.1) is 17.2 Å². The summed E-state index contributed by atoms with van der Waals surface area (Å²) < 4.78 is 0. The van der Waals surface area contributed by atoms with Gasteiger partial charge >= 0.3 is 0 Å². The van der Waals surface area contributed by atoms with Crippen molar-refractivity contribution in [2.45, 2.75) is 20.3 Å². The average molecular weight is 198 g/mol. The van der Waals surface area contributed by atoms with Gasteiger partial charge in [0.15, 0.2) is 0 Å². The number of hydrazine groups is 1. The van der Waals surface area contributed by atoms with Crippen LogP contribution < -0.4 is 11.3 Å². The summed E-state index contributed by atoms with van der Waals surface area (Å²) in [5.41, 5.74) is 2.08. The highest BCUT2D eigenvalue weighted by Crippen LogP contribution is 1.99. The van der Waals surface area contributed by atoms with Gasteiger partial charge in [0.1, 0.15) is 0 Å². The number of nitrogens with two attached hydrogens (primary N) is 1. The predicted octanol–water partition coefficient (Wildman–Crippen LogP) is -0.152. The summed E-state index contributed by atoms with van der Waals surface area (Å²) in [6.07, 6.45) is 0.435. The van der Waals surface area contributed by atoms with Crippen LogP contribution in [-0.2, 0) is 4.79 Å². The van der Waals surface area contributed by atoms with Gasteiger partial charge in [-0.1, -0.05) is 13.8 Å². The second-order valence-electron chi connectivity index (χ2n) is 3.60. The van der Waals surface area contributed by atoms with Gasteiger partial charge in [0.25, 0.3) is 0 Å². The summed E-state index contributed by atoms with van der Waals surface area (Å²) in [6, 6.07) is 2.06. The molecule has 0 fully saturated rings. The van der Waals surface area contributed by atoms with Crippen molar-refractivity contribution in [3.8, 4) is 6.07 Å². The van der Waals surface area contributed by atoms with Gasteiger partial charge in [-0.25, -0.2) is 5.84 Å². The molecule has 0 saturated carbocycles. The first-order chi connectivity index (χ1) is 6.60. The van der Waals surface area contributed by atoms with Gasteiger partial charge < -0.3 is 0 Å². The number of carbonyl (C=O) groups is 1. The lowest BCUT2D eigenvalue weighted by Crippen LogP contribution is -2.42. The Hall–Kier alpha value is -1.12. The van der Waals surface area contributed by atoms with Crippen molar-refractivity contribution in [2.75, 3.05) is 19.6 Å². The Labute approximate surface area is 84.8 Å². The van der Waals surface area contributed by atoms with Gasteiger partial charge in [0.05, 0.1) is 12.6 Å². The molecule has 5 nitrogen and oxygen atoms in total.